The molecule has 0 spiro atoms. The van der Waals surface area contributed by atoms with Crippen molar-refractivity contribution in [1.29, 1.82) is 5.26 Å². The first-order valence-electron chi connectivity index (χ1n) is 8.24. The lowest BCUT2D eigenvalue weighted by Crippen LogP contribution is -2.19. The summed E-state index contributed by atoms with van der Waals surface area (Å²) < 4.78 is 2.04. The molecule has 0 atom stereocenters. The molecule has 0 unspecified atom stereocenters. The summed E-state index contributed by atoms with van der Waals surface area (Å²) in [5.41, 5.74) is 3.45. The van der Waals surface area contributed by atoms with E-state index in [0.29, 0.717) is 11.7 Å². The number of hydrogen-bond donors (Lipinski definition) is 0. The van der Waals surface area contributed by atoms with E-state index in [4.69, 9.17) is 0 Å². The van der Waals surface area contributed by atoms with E-state index >= 15 is 0 Å². The van der Waals surface area contributed by atoms with Crippen LogP contribution in [0.1, 0.15) is 49.4 Å². The van der Waals surface area contributed by atoms with Crippen molar-refractivity contribution >= 4 is 11.0 Å². The maximum Gasteiger partial charge on any atom is 0.213 e. The van der Waals surface area contributed by atoms with Crippen LogP contribution in [-0.2, 0) is 6.54 Å². The van der Waals surface area contributed by atoms with Crippen molar-refractivity contribution in [3.05, 3.63) is 29.6 Å². The van der Waals surface area contributed by atoms with Gasteiger partial charge in [-0.1, -0.05) is 25.3 Å². The Hall–Kier alpha value is -1.86. The van der Waals surface area contributed by atoms with Crippen LogP contribution in [0.15, 0.2) is 18.2 Å². The minimum absolute atomic E-state index is 0.526. The van der Waals surface area contributed by atoms with Crippen LogP contribution in [0.3, 0.4) is 0 Å². The lowest BCUT2D eigenvalue weighted by atomic mass is 9.84. The molecule has 1 aliphatic carbocycles. The van der Waals surface area contributed by atoms with Gasteiger partial charge in [0.25, 0.3) is 0 Å². The monoisotopic (exact) mass is 296 g/mol. The number of nitriles is 1. The highest BCUT2D eigenvalue weighted by molar-refractivity contribution is 5.77. The van der Waals surface area contributed by atoms with Crippen molar-refractivity contribution in [3.8, 4) is 6.07 Å². The number of hydrogen-bond acceptors (Lipinski definition) is 3. The standard InChI is InChI=1S/C18H24N4/c1-21(2)10-11-22-17-9-8-15(14-6-4-3-5-7-14)12-16(17)20-18(22)13-19/h8-9,12,14H,3-7,10-11H2,1-2H3. The Morgan fingerprint density at radius 3 is 2.73 bits per heavy atom. The molecule has 1 aliphatic rings. The van der Waals surface area contributed by atoms with Crippen molar-refractivity contribution in [1.82, 2.24) is 14.5 Å². The molecule has 4 heteroatoms. The zero-order valence-corrected chi connectivity index (χ0v) is 13.5. The molecule has 4 nitrogen and oxygen atoms in total. The quantitative estimate of drug-likeness (QED) is 0.867. The molecule has 2 aromatic rings. The fourth-order valence-corrected chi connectivity index (χ4v) is 3.45. The van der Waals surface area contributed by atoms with Crippen LogP contribution < -0.4 is 0 Å². The molecule has 1 fully saturated rings. The average Bonchev–Trinajstić information content (AvgIpc) is 2.90. The number of likely N-dealkylation sites (N-methyl/N-ethyl adjacent to an activating group) is 1. The smallest absolute Gasteiger partial charge is 0.213 e. The Bertz CT molecular complexity index is 687. The van der Waals surface area contributed by atoms with Gasteiger partial charge in [-0.3, -0.25) is 0 Å². The van der Waals surface area contributed by atoms with E-state index < -0.39 is 0 Å². The summed E-state index contributed by atoms with van der Waals surface area (Å²) in [6, 6.07) is 8.85. The first-order chi connectivity index (χ1) is 10.7. The fraction of sp³-hybridized carbons (Fsp3) is 0.556. The van der Waals surface area contributed by atoms with Crippen molar-refractivity contribution < 1.29 is 0 Å². The molecule has 0 saturated heterocycles. The molecule has 1 aromatic heterocycles. The zero-order valence-electron chi connectivity index (χ0n) is 13.5. The van der Waals surface area contributed by atoms with Crippen LogP contribution in [0.4, 0.5) is 0 Å². The Labute approximate surface area is 132 Å². The van der Waals surface area contributed by atoms with Crippen molar-refractivity contribution in [2.45, 2.75) is 44.6 Å². The molecule has 22 heavy (non-hydrogen) atoms. The highest BCUT2D eigenvalue weighted by Gasteiger charge is 2.17. The maximum absolute atomic E-state index is 9.36. The molecule has 1 saturated carbocycles. The Morgan fingerprint density at radius 1 is 1.27 bits per heavy atom. The number of aromatic nitrogens is 2. The van der Waals surface area contributed by atoms with Gasteiger partial charge in [-0.05, 0) is 50.6 Å². The van der Waals surface area contributed by atoms with Gasteiger partial charge < -0.3 is 9.47 Å². The molecular weight excluding hydrogens is 272 g/mol. The summed E-state index contributed by atoms with van der Waals surface area (Å²) in [6.07, 6.45) is 6.62. The van der Waals surface area contributed by atoms with E-state index in [1.807, 2.05) is 18.7 Å². The second-order valence-electron chi connectivity index (χ2n) is 6.59. The summed E-state index contributed by atoms with van der Waals surface area (Å²) in [7, 11) is 4.10. The van der Waals surface area contributed by atoms with Crippen molar-refractivity contribution in [2.75, 3.05) is 20.6 Å². The largest absolute Gasteiger partial charge is 0.314 e. The van der Waals surface area contributed by atoms with Gasteiger partial charge in [0, 0.05) is 13.1 Å². The molecule has 0 N–H and O–H groups in total. The lowest BCUT2D eigenvalue weighted by Gasteiger charge is -2.21. The molecule has 0 amide bonds. The van der Waals surface area contributed by atoms with Gasteiger partial charge in [0.15, 0.2) is 0 Å². The lowest BCUT2D eigenvalue weighted by molar-refractivity contribution is 0.385. The summed E-state index contributed by atoms with van der Waals surface area (Å²) in [5.74, 6) is 1.20. The average molecular weight is 296 g/mol. The van der Waals surface area contributed by atoms with E-state index in [0.717, 1.165) is 24.1 Å². The molecule has 1 aromatic carbocycles. The van der Waals surface area contributed by atoms with Gasteiger partial charge in [0.2, 0.25) is 5.82 Å². The predicted molar refractivity (Wildman–Crippen MR) is 88.8 cm³/mol. The van der Waals surface area contributed by atoms with Crippen LogP contribution in [0.5, 0.6) is 0 Å². The third-order valence-corrected chi connectivity index (χ3v) is 4.72. The molecule has 0 aliphatic heterocycles. The van der Waals surface area contributed by atoms with Gasteiger partial charge in [-0.2, -0.15) is 5.26 Å². The van der Waals surface area contributed by atoms with Gasteiger partial charge >= 0.3 is 0 Å². The van der Waals surface area contributed by atoms with Crippen LogP contribution >= 0.6 is 0 Å². The second-order valence-corrected chi connectivity index (χ2v) is 6.59. The summed E-state index contributed by atoms with van der Waals surface area (Å²) in [5, 5.41) is 9.36. The van der Waals surface area contributed by atoms with E-state index in [1.165, 1.54) is 37.7 Å². The number of imidazole rings is 1. The first kappa shape index (κ1) is 15.1. The minimum atomic E-state index is 0.526. The van der Waals surface area contributed by atoms with Crippen LogP contribution in [0.25, 0.3) is 11.0 Å². The van der Waals surface area contributed by atoms with Gasteiger partial charge in [-0.25, -0.2) is 4.98 Å². The second kappa shape index (κ2) is 6.50. The molecular formula is C18H24N4. The van der Waals surface area contributed by atoms with Crippen molar-refractivity contribution in [3.63, 3.8) is 0 Å². The van der Waals surface area contributed by atoms with Gasteiger partial charge in [-0.15, -0.1) is 0 Å². The Balaban J connectivity index is 1.94. The zero-order chi connectivity index (χ0) is 15.5. The molecule has 0 bridgehead atoms. The Kier molecular flexibility index (Phi) is 4.44. The van der Waals surface area contributed by atoms with E-state index in [2.05, 4.69) is 34.2 Å². The van der Waals surface area contributed by atoms with Gasteiger partial charge in [0.1, 0.15) is 6.07 Å². The molecule has 116 valence electrons. The highest BCUT2D eigenvalue weighted by atomic mass is 15.1. The normalized spacial score (nSPS) is 16.3. The van der Waals surface area contributed by atoms with Crippen LogP contribution in [0.2, 0.25) is 0 Å². The number of nitrogens with zero attached hydrogens (tertiary/aromatic N) is 4. The van der Waals surface area contributed by atoms with Crippen LogP contribution in [0, 0.1) is 11.3 Å². The van der Waals surface area contributed by atoms with E-state index in [-0.39, 0.29) is 0 Å². The molecule has 0 radical (unpaired) electrons. The maximum atomic E-state index is 9.36. The van der Waals surface area contributed by atoms with E-state index in [9.17, 15) is 5.26 Å². The van der Waals surface area contributed by atoms with E-state index in [1.54, 1.807) is 0 Å². The third kappa shape index (κ3) is 3.00. The fourth-order valence-electron chi connectivity index (χ4n) is 3.45. The molecule has 3 rings (SSSR count). The third-order valence-electron chi connectivity index (χ3n) is 4.72. The Morgan fingerprint density at radius 2 is 2.05 bits per heavy atom. The first-order valence-corrected chi connectivity index (χ1v) is 8.24. The highest BCUT2D eigenvalue weighted by Crippen LogP contribution is 2.33. The van der Waals surface area contributed by atoms with Gasteiger partial charge in [0.05, 0.1) is 11.0 Å². The number of fused-ring (bicyclic) bond motifs is 1. The predicted octanol–water partition coefficient (Wildman–Crippen LogP) is 3.52. The minimum Gasteiger partial charge on any atom is -0.314 e. The number of benzene rings is 1. The summed E-state index contributed by atoms with van der Waals surface area (Å²) >= 11 is 0. The number of rotatable bonds is 4. The van der Waals surface area contributed by atoms with Crippen LogP contribution in [-0.4, -0.2) is 35.1 Å². The van der Waals surface area contributed by atoms with Crippen molar-refractivity contribution in [2.24, 2.45) is 0 Å². The topological polar surface area (TPSA) is 44.9 Å². The summed E-state index contributed by atoms with van der Waals surface area (Å²) in [6.45, 7) is 1.71. The molecule has 1 heterocycles. The SMILES string of the molecule is CN(C)CCn1c(C#N)nc2cc(C3CCCCC3)ccc21. The summed E-state index contributed by atoms with van der Waals surface area (Å²) in [4.78, 5) is 6.68.